The highest BCUT2D eigenvalue weighted by atomic mass is 16.1. The Morgan fingerprint density at radius 2 is 2.41 bits per heavy atom. The lowest BCUT2D eigenvalue weighted by atomic mass is 10.1. The van der Waals surface area contributed by atoms with Gasteiger partial charge in [-0.3, -0.25) is 4.79 Å². The number of aromatic nitrogens is 2. The summed E-state index contributed by atoms with van der Waals surface area (Å²) in [5, 5.41) is 3.00. The Labute approximate surface area is 102 Å². The molecular formula is C13H21N3O. The van der Waals surface area contributed by atoms with Gasteiger partial charge in [0.1, 0.15) is 11.6 Å². The summed E-state index contributed by atoms with van der Waals surface area (Å²) in [5.74, 6) is 2.16. The van der Waals surface area contributed by atoms with Crippen LogP contribution in [-0.4, -0.2) is 15.5 Å². The molecule has 17 heavy (non-hydrogen) atoms. The van der Waals surface area contributed by atoms with Gasteiger partial charge in [-0.15, -0.1) is 0 Å². The van der Waals surface area contributed by atoms with Crippen LogP contribution in [0, 0.1) is 5.92 Å². The monoisotopic (exact) mass is 235 g/mol. The van der Waals surface area contributed by atoms with Gasteiger partial charge in [0.25, 0.3) is 0 Å². The van der Waals surface area contributed by atoms with E-state index in [4.69, 9.17) is 0 Å². The van der Waals surface area contributed by atoms with Crippen LogP contribution in [0.2, 0.25) is 0 Å². The van der Waals surface area contributed by atoms with Gasteiger partial charge in [0.15, 0.2) is 0 Å². The third-order valence-electron chi connectivity index (χ3n) is 3.39. The average Bonchev–Trinajstić information content (AvgIpc) is 2.73. The van der Waals surface area contributed by atoms with Crippen LogP contribution in [0.15, 0.2) is 6.20 Å². The van der Waals surface area contributed by atoms with Crippen LogP contribution in [0.1, 0.15) is 45.4 Å². The van der Waals surface area contributed by atoms with E-state index in [1.165, 1.54) is 12.8 Å². The van der Waals surface area contributed by atoms with Crippen molar-refractivity contribution in [2.75, 3.05) is 5.32 Å². The van der Waals surface area contributed by atoms with Crippen molar-refractivity contribution < 1.29 is 4.79 Å². The van der Waals surface area contributed by atoms with Crippen LogP contribution in [0.25, 0.3) is 0 Å². The van der Waals surface area contributed by atoms with E-state index < -0.39 is 0 Å². The zero-order valence-electron chi connectivity index (χ0n) is 10.7. The summed E-state index contributed by atoms with van der Waals surface area (Å²) >= 11 is 0. The van der Waals surface area contributed by atoms with Gasteiger partial charge in [0.2, 0.25) is 5.91 Å². The second kappa shape index (κ2) is 5.34. The van der Waals surface area contributed by atoms with Crippen molar-refractivity contribution >= 4 is 11.7 Å². The van der Waals surface area contributed by atoms with Crippen LogP contribution in [0.4, 0.5) is 5.82 Å². The van der Waals surface area contributed by atoms with Crippen LogP contribution in [0.5, 0.6) is 0 Å². The van der Waals surface area contributed by atoms with E-state index in [2.05, 4.69) is 21.8 Å². The number of anilines is 1. The number of carbonyl (C=O) groups excluding carboxylic acids is 1. The molecule has 1 aliphatic heterocycles. The lowest BCUT2D eigenvalue weighted by Gasteiger charge is -2.17. The molecular weight excluding hydrogens is 214 g/mol. The number of nitrogens with zero attached hydrogens (tertiary/aromatic N) is 2. The minimum absolute atomic E-state index is 0.0785. The molecule has 0 bridgehead atoms. The van der Waals surface area contributed by atoms with E-state index >= 15 is 0 Å². The Balaban J connectivity index is 2.03. The molecule has 94 valence electrons. The van der Waals surface area contributed by atoms with Crippen molar-refractivity contribution in [3.63, 3.8) is 0 Å². The van der Waals surface area contributed by atoms with Crippen LogP contribution < -0.4 is 5.32 Å². The third kappa shape index (κ3) is 2.68. The summed E-state index contributed by atoms with van der Waals surface area (Å²) in [6.45, 7) is 5.06. The minimum Gasteiger partial charge on any atom is -0.315 e. The highest BCUT2D eigenvalue weighted by Crippen LogP contribution is 2.20. The van der Waals surface area contributed by atoms with E-state index in [0.29, 0.717) is 0 Å². The molecule has 0 radical (unpaired) electrons. The second-order valence-electron chi connectivity index (χ2n) is 4.85. The molecule has 1 aliphatic rings. The average molecular weight is 235 g/mol. The second-order valence-corrected chi connectivity index (χ2v) is 4.85. The molecule has 2 rings (SSSR count). The molecule has 0 fully saturated rings. The van der Waals surface area contributed by atoms with Gasteiger partial charge in [-0.05, 0) is 19.3 Å². The summed E-state index contributed by atoms with van der Waals surface area (Å²) in [7, 11) is 0. The van der Waals surface area contributed by atoms with Crippen LogP contribution in [-0.2, 0) is 17.8 Å². The van der Waals surface area contributed by atoms with Crippen molar-refractivity contribution in [3.05, 3.63) is 12.0 Å². The first kappa shape index (κ1) is 12.1. The van der Waals surface area contributed by atoms with Crippen molar-refractivity contribution in [3.8, 4) is 0 Å². The van der Waals surface area contributed by atoms with Gasteiger partial charge < -0.3 is 9.88 Å². The predicted octanol–water partition coefficient (Wildman–Crippen LogP) is 2.59. The Hall–Kier alpha value is -1.32. The van der Waals surface area contributed by atoms with Crippen LogP contribution in [0.3, 0.4) is 0 Å². The first-order valence-corrected chi connectivity index (χ1v) is 6.57. The largest absolute Gasteiger partial charge is 0.315 e. The highest BCUT2D eigenvalue weighted by molar-refractivity contribution is 5.91. The fraction of sp³-hybridized carbons (Fsp3) is 0.692. The number of nitrogens with one attached hydrogen (secondary N) is 1. The van der Waals surface area contributed by atoms with Crippen molar-refractivity contribution in [1.82, 2.24) is 9.55 Å². The smallest absolute Gasteiger partial charge is 0.228 e. The Morgan fingerprint density at radius 3 is 3.18 bits per heavy atom. The van der Waals surface area contributed by atoms with E-state index in [1.807, 2.05) is 6.92 Å². The highest BCUT2D eigenvalue weighted by Gasteiger charge is 2.17. The number of amides is 1. The van der Waals surface area contributed by atoms with Gasteiger partial charge in [-0.25, -0.2) is 4.98 Å². The molecule has 1 unspecified atom stereocenters. The minimum atomic E-state index is 0.0785. The molecule has 0 saturated carbocycles. The topological polar surface area (TPSA) is 46.9 Å². The molecule has 1 aromatic heterocycles. The fourth-order valence-electron chi connectivity index (χ4n) is 2.33. The normalized spacial score (nSPS) is 16.4. The van der Waals surface area contributed by atoms with Gasteiger partial charge in [-0.1, -0.05) is 20.3 Å². The number of fused-ring (bicyclic) bond motifs is 1. The van der Waals surface area contributed by atoms with Gasteiger partial charge in [-0.2, -0.15) is 0 Å². The van der Waals surface area contributed by atoms with Gasteiger partial charge in [0, 0.05) is 18.9 Å². The molecule has 1 amide bonds. The fourth-order valence-corrected chi connectivity index (χ4v) is 2.33. The van der Waals surface area contributed by atoms with Crippen molar-refractivity contribution in [1.29, 1.82) is 0 Å². The number of imidazole rings is 1. The summed E-state index contributed by atoms with van der Waals surface area (Å²) in [4.78, 5) is 16.3. The molecule has 1 N–H and O–H groups in total. The number of carbonyl (C=O) groups is 1. The van der Waals surface area contributed by atoms with Gasteiger partial charge in [0.05, 0.1) is 6.20 Å². The summed E-state index contributed by atoms with van der Waals surface area (Å²) in [5.41, 5.74) is 0. The third-order valence-corrected chi connectivity index (χ3v) is 3.39. The zero-order valence-corrected chi connectivity index (χ0v) is 10.7. The maximum atomic E-state index is 11.9. The molecule has 0 aliphatic carbocycles. The first-order valence-electron chi connectivity index (χ1n) is 6.57. The quantitative estimate of drug-likeness (QED) is 0.872. The number of rotatable bonds is 4. The van der Waals surface area contributed by atoms with Crippen LogP contribution >= 0.6 is 0 Å². The maximum absolute atomic E-state index is 11.9. The SMILES string of the molecule is CCCC(C)C(=O)Nc1cnc2n1CCCC2. The lowest BCUT2D eigenvalue weighted by Crippen LogP contribution is -2.23. The molecule has 4 nitrogen and oxygen atoms in total. The van der Waals surface area contributed by atoms with E-state index in [0.717, 1.165) is 37.4 Å². The first-order chi connectivity index (χ1) is 8.22. The Kier molecular flexibility index (Phi) is 3.82. The molecule has 0 spiro atoms. The summed E-state index contributed by atoms with van der Waals surface area (Å²) < 4.78 is 2.14. The standard InChI is InChI=1S/C13H21N3O/c1-3-6-10(2)13(17)15-12-9-14-11-7-4-5-8-16(11)12/h9-10H,3-8H2,1-2H3,(H,15,17). The molecule has 2 heterocycles. The summed E-state index contributed by atoms with van der Waals surface area (Å²) in [6.07, 6.45) is 7.18. The number of hydrogen-bond acceptors (Lipinski definition) is 2. The zero-order chi connectivity index (χ0) is 12.3. The van der Waals surface area contributed by atoms with Crippen molar-refractivity contribution in [2.24, 2.45) is 5.92 Å². The Morgan fingerprint density at radius 1 is 1.59 bits per heavy atom. The van der Waals surface area contributed by atoms with Gasteiger partial charge >= 0.3 is 0 Å². The molecule has 0 aromatic carbocycles. The predicted molar refractivity (Wildman–Crippen MR) is 67.9 cm³/mol. The molecule has 1 aromatic rings. The summed E-state index contributed by atoms with van der Waals surface area (Å²) in [6, 6.07) is 0. The van der Waals surface area contributed by atoms with E-state index in [9.17, 15) is 4.79 Å². The lowest BCUT2D eigenvalue weighted by molar-refractivity contribution is -0.119. The number of hydrogen-bond donors (Lipinski definition) is 1. The molecule has 0 saturated heterocycles. The number of aryl methyl sites for hydroxylation is 1. The molecule has 1 atom stereocenters. The van der Waals surface area contributed by atoms with Crippen molar-refractivity contribution in [2.45, 2.75) is 52.5 Å². The maximum Gasteiger partial charge on any atom is 0.228 e. The molecule has 4 heteroatoms. The van der Waals surface area contributed by atoms with E-state index in [1.54, 1.807) is 6.20 Å². The Bertz CT molecular complexity index is 397. The van der Waals surface area contributed by atoms with E-state index in [-0.39, 0.29) is 11.8 Å².